The summed E-state index contributed by atoms with van der Waals surface area (Å²) in [4.78, 5) is 19.3. The van der Waals surface area contributed by atoms with Crippen molar-refractivity contribution >= 4 is 11.0 Å². The molecule has 0 atom stereocenters. The molecule has 6 heteroatoms. The Balaban J connectivity index is 1.53. The van der Waals surface area contributed by atoms with E-state index < -0.39 is 0 Å². The molecule has 3 rings (SSSR count). The van der Waals surface area contributed by atoms with Gasteiger partial charge in [0.05, 0.1) is 16.7 Å². The Labute approximate surface area is 201 Å². The maximum atomic E-state index is 4.90. The summed E-state index contributed by atoms with van der Waals surface area (Å²) in [5.74, 6) is 0. The SMILES string of the molecule is CCCN(CCC)CCCCc1cnc2cc(CN(CC)CC3N(C)C=CN3C)ccc2n1. The molecule has 0 unspecified atom stereocenters. The van der Waals surface area contributed by atoms with Crippen molar-refractivity contribution in [2.45, 2.75) is 65.6 Å². The van der Waals surface area contributed by atoms with Crippen molar-refractivity contribution in [2.24, 2.45) is 0 Å². The quantitative estimate of drug-likeness (QED) is 0.391. The first-order valence-electron chi connectivity index (χ1n) is 12.9. The number of hydrogen-bond acceptors (Lipinski definition) is 6. The molecule has 0 spiro atoms. The average molecular weight is 453 g/mol. The second-order valence-corrected chi connectivity index (χ2v) is 9.42. The summed E-state index contributed by atoms with van der Waals surface area (Å²) in [6.45, 7) is 13.4. The van der Waals surface area contributed by atoms with E-state index >= 15 is 0 Å². The molecule has 1 aromatic heterocycles. The minimum absolute atomic E-state index is 0.392. The van der Waals surface area contributed by atoms with Crippen LogP contribution in [0.1, 0.15) is 57.7 Å². The van der Waals surface area contributed by atoms with Gasteiger partial charge in [-0.05, 0) is 76.0 Å². The second kappa shape index (κ2) is 12.9. The topological polar surface area (TPSA) is 38.7 Å². The molecule has 1 aliphatic heterocycles. The first-order valence-corrected chi connectivity index (χ1v) is 12.9. The van der Waals surface area contributed by atoms with Crippen molar-refractivity contribution in [2.75, 3.05) is 46.8 Å². The van der Waals surface area contributed by atoms with Crippen LogP contribution in [0.5, 0.6) is 0 Å². The van der Waals surface area contributed by atoms with Gasteiger partial charge in [-0.15, -0.1) is 0 Å². The van der Waals surface area contributed by atoms with Gasteiger partial charge >= 0.3 is 0 Å². The molecule has 1 aliphatic rings. The van der Waals surface area contributed by atoms with E-state index in [4.69, 9.17) is 9.97 Å². The van der Waals surface area contributed by atoms with Gasteiger partial charge in [0.15, 0.2) is 0 Å². The van der Waals surface area contributed by atoms with E-state index in [0.717, 1.165) is 42.8 Å². The minimum Gasteiger partial charge on any atom is -0.358 e. The van der Waals surface area contributed by atoms with Crippen LogP contribution < -0.4 is 0 Å². The number of nitrogens with zero attached hydrogens (tertiary/aromatic N) is 6. The lowest BCUT2D eigenvalue weighted by Gasteiger charge is -2.32. The largest absolute Gasteiger partial charge is 0.358 e. The van der Waals surface area contributed by atoms with E-state index in [1.807, 2.05) is 6.20 Å². The molecule has 0 saturated carbocycles. The van der Waals surface area contributed by atoms with E-state index in [1.54, 1.807) is 0 Å². The fourth-order valence-corrected chi connectivity index (χ4v) is 4.67. The highest BCUT2D eigenvalue weighted by Gasteiger charge is 2.22. The van der Waals surface area contributed by atoms with E-state index in [2.05, 4.69) is 85.1 Å². The summed E-state index contributed by atoms with van der Waals surface area (Å²) in [5, 5.41) is 0. The van der Waals surface area contributed by atoms with Crippen molar-refractivity contribution < 1.29 is 0 Å². The van der Waals surface area contributed by atoms with E-state index in [1.165, 1.54) is 50.9 Å². The van der Waals surface area contributed by atoms with Crippen molar-refractivity contribution in [1.29, 1.82) is 0 Å². The van der Waals surface area contributed by atoms with Gasteiger partial charge in [0.2, 0.25) is 0 Å². The molecule has 0 bridgehead atoms. The number of unbranched alkanes of at least 4 members (excludes halogenated alkanes) is 1. The number of likely N-dealkylation sites (N-methyl/N-ethyl adjacent to an activating group) is 3. The molecule has 0 radical (unpaired) electrons. The smallest absolute Gasteiger partial charge is 0.113 e. The number of benzene rings is 1. The summed E-state index contributed by atoms with van der Waals surface area (Å²) < 4.78 is 0. The first-order chi connectivity index (χ1) is 16.0. The molecule has 0 fully saturated rings. The summed E-state index contributed by atoms with van der Waals surface area (Å²) in [6, 6.07) is 6.58. The van der Waals surface area contributed by atoms with E-state index in [0.29, 0.717) is 6.17 Å². The van der Waals surface area contributed by atoms with Crippen LogP contribution in [0.3, 0.4) is 0 Å². The van der Waals surface area contributed by atoms with Crippen LogP contribution in [-0.4, -0.2) is 82.6 Å². The molecule has 0 saturated heterocycles. The average Bonchev–Trinajstić information content (AvgIpc) is 3.13. The highest BCUT2D eigenvalue weighted by molar-refractivity contribution is 5.74. The molecule has 0 amide bonds. The van der Waals surface area contributed by atoms with Crippen molar-refractivity contribution in [3.8, 4) is 0 Å². The van der Waals surface area contributed by atoms with Crippen LogP contribution in [0.2, 0.25) is 0 Å². The van der Waals surface area contributed by atoms with Crippen LogP contribution in [0, 0.1) is 0 Å². The van der Waals surface area contributed by atoms with Gasteiger partial charge in [-0.1, -0.05) is 26.8 Å². The second-order valence-electron chi connectivity index (χ2n) is 9.42. The highest BCUT2D eigenvalue weighted by atomic mass is 15.4. The van der Waals surface area contributed by atoms with Gasteiger partial charge in [-0.25, -0.2) is 4.98 Å². The van der Waals surface area contributed by atoms with Crippen LogP contribution in [-0.2, 0) is 13.0 Å². The van der Waals surface area contributed by atoms with Crippen LogP contribution in [0.15, 0.2) is 36.8 Å². The van der Waals surface area contributed by atoms with Crippen molar-refractivity contribution in [3.63, 3.8) is 0 Å². The normalized spacial score (nSPS) is 14.5. The molecular weight excluding hydrogens is 408 g/mol. The molecule has 182 valence electrons. The summed E-state index contributed by atoms with van der Waals surface area (Å²) in [6.07, 6.45) is 12.6. The highest BCUT2D eigenvalue weighted by Crippen LogP contribution is 2.17. The van der Waals surface area contributed by atoms with E-state index in [-0.39, 0.29) is 0 Å². The third kappa shape index (κ3) is 7.41. The van der Waals surface area contributed by atoms with Gasteiger partial charge in [0.1, 0.15) is 6.17 Å². The fourth-order valence-electron chi connectivity index (χ4n) is 4.67. The fraction of sp³-hybridized carbons (Fsp3) is 0.630. The van der Waals surface area contributed by atoms with E-state index in [9.17, 15) is 0 Å². The molecule has 0 aliphatic carbocycles. The molecule has 6 nitrogen and oxygen atoms in total. The lowest BCUT2D eigenvalue weighted by molar-refractivity contribution is 0.129. The standard InChI is InChI=1S/C27H44N6/c1-6-14-33(15-7-2)16-10-9-11-24-20-28-26-19-23(12-13-25(26)29-24)21-32(8-3)22-27-30(4)17-18-31(27)5/h12-13,17-20,27H,6-11,14-16,21-22H2,1-5H3. The van der Waals surface area contributed by atoms with Crippen LogP contribution in [0.25, 0.3) is 11.0 Å². The Hall–Kier alpha value is -2.18. The molecule has 2 heterocycles. The molecule has 2 aromatic rings. The lowest BCUT2D eigenvalue weighted by atomic mass is 10.1. The first kappa shape index (κ1) is 25.4. The lowest BCUT2D eigenvalue weighted by Crippen LogP contribution is -2.44. The number of rotatable bonds is 14. The van der Waals surface area contributed by atoms with Gasteiger partial charge < -0.3 is 14.7 Å². The van der Waals surface area contributed by atoms with Crippen molar-refractivity contribution in [1.82, 2.24) is 29.6 Å². The van der Waals surface area contributed by atoms with Crippen LogP contribution in [0.4, 0.5) is 0 Å². The summed E-state index contributed by atoms with van der Waals surface area (Å²) in [5.41, 5.74) is 4.43. The number of aromatic nitrogens is 2. The maximum Gasteiger partial charge on any atom is 0.113 e. The zero-order chi connectivity index (χ0) is 23.6. The summed E-state index contributed by atoms with van der Waals surface area (Å²) >= 11 is 0. The van der Waals surface area contributed by atoms with Gasteiger partial charge in [0, 0.05) is 45.8 Å². The monoisotopic (exact) mass is 452 g/mol. The minimum atomic E-state index is 0.392. The Morgan fingerprint density at radius 2 is 1.61 bits per heavy atom. The number of hydrogen-bond donors (Lipinski definition) is 0. The molecular formula is C27H44N6. The molecule has 0 N–H and O–H groups in total. The summed E-state index contributed by atoms with van der Waals surface area (Å²) in [7, 11) is 4.29. The zero-order valence-electron chi connectivity index (χ0n) is 21.5. The van der Waals surface area contributed by atoms with Gasteiger partial charge in [0.25, 0.3) is 0 Å². The maximum absolute atomic E-state index is 4.90. The number of fused-ring (bicyclic) bond motifs is 1. The molecule has 33 heavy (non-hydrogen) atoms. The van der Waals surface area contributed by atoms with Crippen molar-refractivity contribution in [3.05, 3.63) is 48.1 Å². The Bertz CT molecular complexity index is 864. The Kier molecular flexibility index (Phi) is 9.95. The third-order valence-corrected chi connectivity index (χ3v) is 6.65. The Morgan fingerprint density at radius 1 is 0.879 bits per heavy atom. The van der Waals surface area contributed by atoms with Gasteiger partial charge in [-0.2, -0.15) is 0 Å². The predicted molar refractivity (Wildman–Crippen MR) is 139 cm³/mol. The Morgan fingerprint density at radius 3 is 2.27 bits per heavy atom. The predicted octanol–water partition coefficient (Wildman–Crippen LogP) is 4.57. The van der Waals surface area contributed by atoms with Crippen LogP contribution >= 0.6 is 0 Å². The third-order valence-electron chi connectivity index (χ3n) is 6.65. The zero-order valence-corrected chi connectivity index (χ0v) is 21.5. The van der Waals surface area contributed by atoms with Gasteiger partial charge in [-0.3, -0.25) is 9.88 Å². The number of aryl methyl sites for hydroxylation is 1. The molecule has 1 aromatic carbocycles.